The van der Waals surface area contributed by atoms with Gasteiger partial charge in [-0.2, -0.15) is 0 Å². The number of carboxylic acid groups (broad SMARTS) is 1. The molecule has 8 atom stereocenters. The number of fused-ring (bicyclic) bond motifs is 5. The number of hydrogen-bond donors (Lipinski definition) is 3. The van der Waals surface area contributed by atoms with Crippen molar-refractivity contribution in [1.82, 2.24) is 5.32 Å². The normalized spacial score (nSPS) is 42.1. The number of aliphatic carboxylic acids is 1. The Kier molecular flexibility index (Phi) is 7.92. The maximum atomic E-state index is 12.7. The molecule has 4 fully saturated rings. The highest BCUT2D eigenvalue weighted by Crippen LogP contribution is 2.67. The lowest BCUT2D eigenvalue weighted by Gasteiger charge is -2.59. The number of ether oxygens (including phenoxy) is 1. The van der Waals surface area contributed by atoms with Crippen molar-refractivity contribution in [1.29, 1.82) is 0 Å². The lowest BCUT2D eigenvalue weighted by atomic mass is 9.46. The molecule has 1 saturated heterocycles. The van der Waals surface area contributed by atoms with E-state index < -0.39 is 17.6 Å². The summed E-state index contributed by atoms with van der Waals surface area (Å²) in [5, 5.41) is 27.8. The molecule has 0 spiro atoms. The SMILES string of the molecule is CC1(C)C[C@H]([C@@H](CC(=O)O)NC(=O)CO/N=C2\C=C3CC[C@@H]4[C@H](CC[C@@]5(C)[C@H]4CC[C@]5(C)O)[C@@]3(C)CC2)CCO1. The molecule has 40 heavy (non-hydrogen) atoms. The van der Waals surface area contributed by atoms with E-state index in [9.17, 15) is 19.8 Å². The predicted molar refractivity (Wildman–Crippen MR) is 153 cm³/mol. The number of oxime groups is 1. The number of nitrogens with one attached hydrogen (secondary N) is 1. The Balaban J connectivity index is 1.19. The van der Waals surface area contributed by atoms with Crippen molar-refractivity contribution < 1.29 is 29.4 Å². The van der Waals surface area contributed by atoms with Crippen molar-refractivity contribution in [3.05, 3.63) is 11.6 Å². The summed E-state index contributed by atoms with van der Waals surface area (Å²) in [6.07, 6.45) is 11.9. The summed E-state index contributed by atoms with van der Waals surface area (Å²) in [4.78, 5) is 29.7. The minimum absolute atomic E-state index is 0.0336. The second-order valence-electron chi connectivity index (χ2n) is 14.8. The van der Waals surface area contributed by atoms with Crippen LogP contribution in [0.4, 0.5) is 0 Å². The van der Waals surface area contributed by atoms with E-state index in [0.29, 0.717) is 30.8 Å². The summed E-state index contributed by atoms with van der Waals surface area (Å²) in [6, 6.07) is -0.460. The van der Waals surface area contributed by atoms with Gasteiger partial charge in [-0.3, -0.25) is 9.59 Å². The second kappa shape index (κ2) is 10.7. The topological polar surface area (TPSA) is 117 Å². The average molecular weight is 559 g/mol. The standard InChI is InChI=1S/C32H50N2O6/c1-29(2)18-20(11-15-39-29)26(17-28(36)37)33-27(35)19-40-34-22-8-12-30(3)21(16-22)6-7-23-24(30)9-13-31(4)25(23)10-14-32(31,5)38/h16,20,23-26,38H,6-15,17-19H2,1-5H3,(H,33,35)(H,36,37)/b34-22-/t20-,23-,24+,25+,26-,30+,31+,32+/m1/s1. The molecule has 3 N–H and O–H groups in total. The van der Waals surface area contributed by atoms with Crippen LogP contribution in [0, 0.1) is 34.5 Å². The van der Waals surface area contributed by atoms with E-state index in [-0.39, 0.29) is 41.3 Å². The van der Waals surface area contributed by atoms with Gasteiger partial charge in [0.05, 0.1) is 23.3 Å². The fraction of sp³-hybridized carbons (Fsp3) is 0.844. The second-order valence-corrected chi connectivity index (χ2v) is 14.8. The van der Waals surface area contributed by atoms with Gasteiger partial charge in [-0.15, -0.1) is 0 Å². The van der Waals surface area contributed by atoms with Crippen LogP contribution in [0.15, 0.2) is 16.8 Å². The van der Waals surface area contributed by atoms with Crippen LogP contribution in [0.2, 0.25) is 0 Å². The third kappa shape index (κ3) is 5.47. The molecule has 5 aliphatic rings. The number of rotatable bonds is 7. The summed E-state index contributed by atoms with van der Waals surface area (Å²) in [7, 11) is 0. The minimum Gasteiger partial charge on any atom is -0.481 e. The number of carbonyl (C=O) groups is 2. The number of carbonyl (C=O) groups excluding carboxylic acids is 1. The quantitative estimate of drug-likeness (QED) is 0.368. The smallest absolute Gasteiger partial charge is 0.305 e. The van der Waals surface area contributed by atoms with Crippen molar-refractivity contribution in [2.75, 3.05) is 13.2 Å². The van der Waals surface area contributed by atoms with E-state index in [1.165, 1.54) is 18.4 Å². The molecule has 8 nitrogen and oxygen atoms in total. The lowest BCUT2D eigenvalue weighted by molar-refractivity contribution is -0.139. The van der Waals surface area contributed by atoms with E-state index in [4.69, 9.17) is 9.57 Å². The maximum Gasteiger partial charge on any atom is 0.305 e. The Morgan fingerprint density at radius 1 is 1.07 bits per heavy atom. The molecular weight excluding hydrogens is 508 g/mol. The van der Waals surface area contributed by atoms with Gasteiger partial charge in [0.25, 0.3) is 5.91 Å². The van der Waals surface area contributed by atoms with E-state index in [1.807, 2.05) is 13.8 Å². The Morgan fingerprint density at radius 2 is 1.82 bits per heavy atom. The van der Waals surface area contributed by atoms with Crippen LogP contribution in [0.1, 0.15) is 105 Å². The molecule has 5 rings (SSSR count). The third-order valence-corrected chi connectivity index (χ3v) is 12.0. The molecule has 0 aromatic heterocycles. The van der Waals surface area contributed by atoms with Gasteiger partial charge >= 0.3 is 5.97 Å². The summed E-state index contributed by atoms with van der Waals surface area (Å²) in [5.74, 6) is 0.699. The van der Waals surface area contributed by atoms with Gasteiger partial charge in [0.15, 0.2) is 6.61 Å². The van der Waals surface area contributed by atoms with Crippen molar-refractivity contribution in [3.8, 4) is 0 Å². The van der Waals surface area contributed by atoms with Gasteiger partial charge in [0.2, 0.25) is 0 Å². The first kappa shape index (κ1) is 29.6. The molecule has 1 aliphatic heterocycles. The highest BCUT2D eigenvalue weighted by molar-refractivity contribution is 5.96. The third-order valence-electron chi connectivity index (χ3n) is 12.0. The molecule has 1 amide bonds. The van der Waals surface area contributed by atoms with Gasteiger partial charge in [-0.05, 0) is 126 Å². The molecular formula is C32H50N2O6. The zero-order chi connectivity index (χ0) is 28.9. The number of aliphatic hydroxyl groups is 1. The van der Waals surface area contributed by atoms with Crippen molar-refractivity contribution in [3.63, 3.8) is 0 Å². The lowest BCUT2D eigenvalue weighted by Crippen LogP contribution is -2.53. The molecule has 224 valence electrons. The van der Waals surface area contributed by atoms with Gasteiger partial charge in [-0.25, -0.2) is 0 Å². The highest BCUT2D eigenvalue weighted by atomic mass is 16.6. The van der Waals surface area contributed by atoms with E-state index >= 15 is 0 Å². The molecule has 0 radical (unpaired) electrons. The maximum absolute atomic E-state index is 12.7. The van der Waals surface area contributed by atoms with Gasteiger partial charge < -0.3 is 25.1 Å². The molecule has 3 saturated carbocycles. The number of hydrogen-bond acceptors (Lipinski definition) is 6. The van der Waals surface area contributed by atoms with E-state index in [0.717, 1.165) is 50.7 Å². The Labute approximate surface area is 239 Å². The van der Waals surface area contributed by atoms with Crippen molar-refractivity contribution in [2.24, 2.45) is 39.7 Å². The Bertz CT molecular complexity index is 1070. The monoisotopic (exact) mass is 558 g/mol. The van der Waals surface area contributed by atoms with Crippen LogP contribution in [-0.4, -0.2) is 58.3 Å². The van der Waals surface area contributed by atoms with Crippen LogP contribution in [0.25, 0.3) is 0 Å². The van der Waals surface area contributed by atoms with Gasteiger partial charge in [0.1, 0.15) is 0 Å². The zero-order valence-electron chi connectivity index (χ0n) is 25.1. The molecule has 0 aromatic rings. The van der Waals surface area contributed by atoms with Gasteiger partial charge in [0, 0.05) is 12.6 Å². The van der Waals surface area contributed by atoms with Crippen LogP contribution in [0.5, 0.6) is 0 Å². The predicted octanol–water partition coefficient (Wildman–Crippen LogP) is 5.24. The fourth-order valence-corrected chi connectivity index (χ4v) is 9.45. The number of nitrogens with zero attached hydrogens (tertiary/aromatic N) is 1. The first-order valence-corrected chi connectivity index (χ1v) is 15.5. The summed E-state index contributed by atoms with van der Waals surface area (Å²) >= 11 is 0. The first-order chi connectivity index (χ1) is 18.7. The average Bonchev–Trinajstić information content (AvgIpc) is 3.11. The van der Waals surface area contributed by atoms with Crippen LogP contribution < -0.4 is 5.32 Å². The van der Waals surface area contributed by atoms with Crippen LogP contribution in [0.3, 0.4) is 0 Å². The number of amides is 1. The van der Waals surface area contributed by atoms with Crippen molar-refractivity contribution >= 4 is 17.6 Å². The number of allylic oxidation sites excluding steroid dienone is 2. The Hall–Kier alpha value is -1.93. The molecule has 0 bridgehead atoms. The molecule has 4 aliphatic carbocycles. The molecule has 0 aromatic carbocycles. The minimum atomic E-state index is -0.928. The Morgan fingerprint density at radius 3 is 2.55 bits per heavy atom. The van der Waals surface area contributed by atoms with E-state index in [2.05, 4.69) is 37.3 Å². The molecule has 1 heterocycles. The summed E-state index contributed by atoms with van der Waals surface area (Å²) in [6.45, 7) is 11.2. The largest absolute Gasteiger partial charge is 0.481 e. The fourth-order valence-electron chi connectivity index (χ4n) is 9.45. The van der Waals surface area contributed by atoms with Gasteiger partial charge in [-0.1, -0.05) is 24.6 Å². The van der Waals surface area contributed by atoms with E-state index in [1.54, 1.807) is 0 Å². The van der Waals surface area contributed by atoms with Crippen LogP contribution >= 0.6 is 0 Å². The summed E-state index contributed by atoms with van der Waals surface area (Å²) in [5.41, 5.74) is 1.66. The summed E-state index contributed by atoms with van der Waals surface area (Å²) < 4.78 is 5.77. The highest BCUT2D eigenvalue weighted by Gasteiger charge is 2.62. The zero-order valence-corrected chi connectivity index (χ0v) is 25.1. The van der Waals surface area contributed by atoms with Crippen molar-refractivity contribution in [2.45, 2.75) is 122 Å². The first-order valence-electron chi connectivity index (χ1n) is 15.5. The number of carboxylic acids is 1. The molecule has 0 unspecified atom stereocenters. The van der Waals surface area contributed by atoms with Crippen LogP contribution in [-0.2, 0) is 19.2 Å². The molecule has 8 heteroatoms.